The summed E-state index contributed by atoms with van der Waals surface area (Å²) in [5.74, 6) is -0.00546. The van der Waals surface area contributed by atoms with E-state index in [0.717, 1.165) is 22.5 Å². The zero-order valence-corrected chi connectivity index (χ0v) is 15.3. The normalized spacial score (nSPS) is 13.7. The molecule has 2 N–H and O–H groups in total. The van der Waals surface area contributed by atoms with Crippen LogP contribution in [0.2, 0.25) is 0 Å². The highest BCUT2D eigenvalue weighted by atomic mass is 32.2. The molecule has 0 aliphatic carbocycles. The molecular weight excluding hydrogens is 378 g/mol. The van der Waals surface area contributed by atoms with Gasteiger partial charge in [-0.15, -0.1) is 22.7 Å². The third-order valence-corrected chi connectivity index (χ3v) is 7.40. The number of anilines is 1. The van der Waals surface area contributed by atoms with Crippen LogP contribution in [0.3, 0.4) is 0 Å². The fourth-order valence-corrected chi connectivity index (χ4v) is 5.42. The number of amides is 1. The summed E-state index contributed by atoms with van der Waals surface area (Å²) in [5, 5.41) is 7.10. The fraction of sp³-hybridized carbons (Fsp3) is 0.125. The Morgan fingerprint density at radius 3 is 2.92 bits per heavy atom. The maximum Gasteiger partial charge on any atom is 0.250 e. The molecule has 128 valence electrons. The molecule has 0 saturated carbocycles. The summed E-state index contributed by atoms with van der Waals surface area (Å²) >= 11 is 2.58. The highest BCUT2D eigenvalue weighted by molar-refractivity contribution is 7.91. The van der Waals surface area contributed by atoms with Crippen molar-refractivity contribution in [3.05, 3.63) is 51.7 Å². The lowest BCUT2D eigenvalue weighted by Gasteiger charge is -2.03. The van der Waals surface area contributed by atoms with E-state index in [2.05, 4.69) is 15.0 Å². The van der Waals surface area contributed by atoms with Crippen LogP contribution in [0.1, 0.15) is 10.6 Å². The van der Waals surface area contributed by atoms with Crippen LogP contribution in [-0.4, -0.2) is 19.3 Å². The van der Waals surface area contributed by atoms with Gasteiger partial charge in [0.2, 0.25) is 15.9 Å². The number of sulfonamides is 1. The number of nitrogens with one attached hydrogen (secondary N) is 2. The first-order chi connectivity index (χ1) is 12.0. The number of fused-ring (bicyclic) bond motifs is 1. The maximum atomic E-state index is 12.1. The van der Waals surface area contributed by atoms with Crippen LogP contribution in [-0.2, 0) is 27.8 Å². The number of carbonyl (C=O) groups excluding carboxylic acids is 1. The molecule has 4 rings (SSSR count). The Bertz CT molecular complexity index is 1040. The molecule has 1 aliphatic heterocycles. The van der Waals surface area contributed by atoms with Gasteiger partial charge >= 0.3 is 0 Å². The third kappa shape index (κ3) is 3.36. The number of hydrogen-bond acceptors (Lipinski definition) is 6. The van der Waals surface area contributed by atoms with Crippen molar-refractivity contribution in [2.24, 2.45) is 0 Å². The van der Waals surface area contributed by atoms with Crippen molar-refractivity contribution in [2.45, 2.75) is 17.2 Å². The number of thiazole rings is 1. The number of benzene rings is 1. The van der Waals surface area contributed by atoms with Gasteiger partial charge in [-0.05, 0) is 29.1 Å². The van der Waals surface area contributed by atoms with E-state index in [1.807, 2.05) is 23.6 Å². The van der Waals surface area contributed by atoms with E-state index >= 15 is 0 Å². The minimum absolute atomic E-state index is 0.00546. The third-order valence-electron chi connectivity index (χ3n) is 3.75. The Hall–Kier alpha value is -2.07. The first kappa shape index (κ1) is 16.4. The van der Waals surface area contributed by atoms with Gasteiger partial charge in [0.25, 0.3) is 0 Å². The lowest BCUT2D eigenvalue weighted by atomic mass is 10.1. The zero-order chi connectivity index (χ0) is 17.4. The lowest BCUT2D eigenvalue weighted by molar-refractivity contribution is -0.115. The molecule has 0 fully saturated rings. The van der Waals surface area contributed by atoms with E-state index in [4.69, 9.17) is 0 Å². The average Bonchev–Trinajstić information content (AvgIpc) is 3.31. The SMILES string of the molecule is O=C1Cc2cc(-c3csc(CNS(=O)(=O)c4cccs4)n3)ccc2N1. The standard InChI is InChI=1S/C16H13N3O3S3/c20-14-7-11-6-10(3-4-12(11)18-14)13-9-24-15(19-13)8-17-25(21,22)16-2-1-5-23-16/h1-6,9,17H,7-8H2,(H,18,20). The van der Waals surface area contributed by atoms with Crippen molar-refractivity contribution in [1.29, 1.82) is 0 Å². The van der Waals surface area contributed by atoms with Crippen LogP contribution in [0.5, 0.6) is 0 Å². The lowest BCUT2D eigenvalue weighted by Crippen LogP contribution is -2.22. The number of aromatic nitrogens is 1. The van der Waals surface area contributed by atoms with Gasteiger partial charge in [0.1, 0.15) is 9.22 Å². The number of nitrogens with zero attached hydrogens (tertiary/aromatic N) is 1. The first-order valence-corrected chi connectivity index (χ1v) is 10.7. The van der Waals surface area contributed by atoms with E-state index in [1.165, 1.54) is 22.7 Å². The molecule has 0 radical (unpaired) electrons. The smallest absolute Gasteiger partial charge is 0.250 e. The molecule has 1 aliphatic rings. The summed E-state index contributed by atoms with van der Waals surface area (Å²) in [4.78, 5) is 15.9. The van der Waals surface area contributed by atoms with Crippen LogP contribution < -0.4 is 10.0 Å². The number of hydrogen-bond donors (Lipinski definition) is 2. The van der Waals surface area contributed by atoms with Gasteiger partial charge in [-0.25, -0.2) is 18.1 Å². The predicted molar refractivity (Wildman–Crippen MR) is 98.2 cm³/mol. The molecule has 9 heteroatoms. The van der Waals surface area contributed by atoms with Crippen molar-refractivity contribution in [3.8, 4) is 11.3 Å². The average molecular weight is 391 g/mol. The van der Waals surface area contributed by atoms with Crippen molar-refractivity contribution in [2.75, 3.05) is 5.32 Å². The number of carbonyl (C=O) groups is 1. The summed E-state index contributed by atoms with van der Waals surface area (Å²) in [5.41, 5.74) is 3.49. The van der Waals surface area contributed by atoms with Gasteiger partial charge in [-0.1, -0.05) is 12.1 Å². The fourth-order valence-electron chi connectivity index (χ4n) is 2.56. The molecule has 0 atom stereocenters. The second kappa shape index (κ2) is 6.34. The first-order valence-electron chi connectivity index (χ1n) is 7.42. The molecule has 0 unspecified atom stereocenters. The van der Waals surface area contributed by atoms with Gasteiger partial charge in [0.15, 0.2) is 0 Å². The van der Waals surface area contributed by atoms with Gasteiger partial charge in [-0.2, -0.15) is 0 Å². The Labute approximate surface area is 152 Å². The van der Waals surface area contributed by atoms with Gasteiger partial charge in [0, 0.05) is 16.6 Å². The van der Waals surface area contributed by atoms with Crippen molar-refractivity contribution >= 4 is 44.3 Å². The molecule has 6 nitrogen and oxygen atoms in total. The second-order valence-electron chi connectivity index (χ2n) is 5.48. The minimum Gasteiger partial charge on any atom is -0.326 e. The summed E-state index contributed by atoms with van der Waals surface area (Å²) in [6.07, 6.45) is 0.376. The Balaban J connectivity index is 1.50. The molecule has 1 amide bonds. The van der Waals surface area contributed by atoms with E-state index in [0.29, 0.717) is 15.6 Å². The van der Waals surface area contributed by atoms with Crippen LogP contribution >= 0.6 is 22.7 Å². The zero-order valence-electron chi connectivity index (χ0n) is 12.9. The van der Waals surface area contributed by atoms with Gasteiger partial charge < -0.3 is 5.32 Å². The molecule has 0 spiro atoms. The van der Waals surface area contributed by atoms with E-state index < -0.39 is 10.0 Å². The Kier molecular flexibility index (Phi) is 4.16. The molecule has 0 saturated heterocycles. The van der Waals surface area contributed by atoms with E-state index in [9.17, 15) is 13.2 Å². The summed E-state index contributed by atoms with van der Waals surface area (Å²) in [6.45, 7) is 0.149. The molecule has 3 aromatic rings. The van der Waals surface area contributed by atoms with Gasteiger partial charge in [-0.3, -0.25) is 4.79 Å². The van der Waals surface area contributed by atoms with Crippen molar-refractivity contribution in [1.82, 2.24) is 9.71 Å². The molecule has 3 heterocycles. The predicted octanol–water partition coefficient (Wildman–Crippen LogP) is 2.84. The van der Waals surface area contributed by atoms with Crippen LogP contribution in [0.15, 0.2) is 45.3 Å². The summed E-state index contributed by atoms with van der Waals surface area (Å²) in [7, 11) is -3.50. The van der Waals surface area contributed by atoms with Crippen molar-refractivity contribution in [3.63, 3.8) is 0 Å². The largest absolute Gasteiger partial charge is 0.326 e. The van der Waals surface area contributed by atoms with Crippen molar-refractivity contribution < 1.29 is 13.2 Å². The van der Waals surface area contributed by atoms with Gasteiger partial charge in [0.05, 0.1) is 18.7 Å². The minimum atomic E-state index is -3.50. The van der Waals surface area contributed by atoms with E-state index in [1.54, 1.807) is 17.5 Å². The summed E-state index contributed by atoms with van der Waals surface area (Å²) in [6, 6.07) is 8.99. The maximum absolute atomic E-state index is 12.1. The highest BCUT2D eigenvalue weighted by Crippen LogP contribution is 2.29. The molecule has 1 aromatic carbocycles. The monoisotopic (exact) mass is 391 g/mol. The quantitative estimate of drug-likeness (QED) is 0.700. The molecule has 0 bridgehead atoms. The number of thiophene rings is 1. The molecule has 2 aromatic heterocycles. The topological polar surface area (TPSA) is 88.2 Å². The van der Waals surface area contributed by atoms with Crippen LogP contribution in [0.4, 0.5) is 5.69 Å². The van der Waals surface area contributed by atoms with E-state index in [-0.39, 0.29) is 12.5 Å². The Morgan fingerprint density at radius 2 is 2.12 bits per heavy atom. The molecular formula is C16H13N3O3S3. The molecule has 25 heavy (non-hydrogen) atoms. The van der Waals surface area contributed by atoms with Crippen LogP contribution in [0.25, 0.3) is 11.3 Å². The number of rotatable bonds is 5. The van der Waals surface area contributed by atoms with Crippen LogP contribution in [0, 0.1) is 0 Å². The summed E-state index contributed by atoms with van der Waals surface area (Å²) < 4.78 is 27.1. The Morgan fingerprint density at radius 1 is 1.24 bits per heavy atom. The highest BCUT2D eigenvalue weighted by Gasteiger charge is 2.19. The second-order valence-corrected chi connectivity index (χ2v) is 9.36.